The smallest absolute Gasteiger partial charge is 0.260 e. The Hall–Kier alpha value is -1.63. The van der Waals surface area contributed by atoms with Crippen molar-refractivity contribution in [1.29, 1.82) is 0 Å². The van der Waals surface area contributed by atoms with E-state index in [0.29, 0.717) is 5.25 Å². The second-order valence-corrected chi connectivity index (χ2v) is 9.29. The van der Waals surface area contributed by atoms with E-state index in [2.05, 4.69) is 54.4 Å². The number of nitrogens with zero attached hydrogens (tertiary/aromatic N) is 2. The second kappa shape index (κ2) is 7.18. The Balaban J connectivity index is 1.68. The van der Waals surface area contributed by atoms with Crippen molar-refractivity contribution < 1.29 is 0 Å². The van der Waals surface area contributed by atoms with Crippen molar-refractivity contribution in [2.75, 3.05) is 20.1 Å². The van der Waals surface area contributed by atoms with Crippen LogP contribution in [0.15, 0.2) is 33.5 Å². The fourth-order valence-corrected chi connectivity index (χ4v) is 5.61. The van der Waals surface area contributed by atoms with Gasteiger partial charge in [-0.2, -0.15) is 0 Å². The lowest BCUT2D eigenvalue weighted by molar-refractivity contribution is 0.282. The predicted octanol–water partition coefficient (Wildman–Crippen LogP) is 4.45. The Bertz CT molecular complexity index is 1000. The molecule has 6 heteroatoms. The molecule has 1 saturated heterocycles. The van der Waals surface area contributed by atoms with E-state index in [1.807, 2.05) is 0 Å². The molecule has 0 saturated carbocycles. The van der Waals surface area contributed by atoms with Crippen LogP contribution in [0.5, 0.6) is 0 Å². The Labute approximate surface area is 161 Å². The third-order valence-electron chi connectivity index (χ3n) is 5.04. The molecule has 1 aliphatic rings. The van der Waals surface area contributed by atoms with Crippen LogP contribution >= 0.6 is 23.1 Å². The summed E-state index contributed by atoms with van der Waals surface area (Å²) >= 11 is 3.28. The van der Waals surface area contributed by atoms with Crippen molar-refractivity contribution in [2.45, 2.75) is 37.1 Å². The van der Waals surface area contributed by atoms with Crippen LogP contribution in [0.1, 0.15) is 24.0 Å². The number of hydrogen-bond donors (Lipinski definition) is 1. The summed E-state index contributed by atoms with van der Waals surface area (Å²) in [5, 5.41) is 4.07. The number of piperidine rings is 1. The number of nitrogens with one attached hydrogen (secondary N) is 1. The highest BCUT2D eigenvalue weighted by Gasteiger charge is 2.20. The van der Waals surface area contributed by atoms with E-state index in [9.17, 15) is 4.79 Å². The van der Waals surface area contributed by atoms with Gasteiger partial charge in [0.05, 0.1) is 5.39 Å². The third kappa shape index (κ3) is 3.46. The van der Waals surface area contributed by atoms with Crippen molar-refractivity contribution in [3.05, 3.63) is 45.1 Å². The van der Waals surface area contributed by atoms with Crippen molar-refractivity contribution >= 4 is 33.3 Å². The average Bonchev–Trinajstić information content (AvgIpc) is 3.01. The minimum atomic E-state index is -0.0262. The van der Waals surface area contributed by atoms with E-state index in [1.165, 1.54) is 11.1 Å². The molecule has 1 aromatic carbocycles. The van der Waals surface area contributed by atoms with Gasteiger partial charge in [0, 0.05) is 16.2 Å². The first-order valence-corrected chi connectivity index (χ1v) is 10.7. The summed E-state index contributed by atoms with van der Waals surface area (Å²) < 4.78 is 0. The molecule has 0 amide bonds. The first kappa shape index (κ1) is 17.8. The first-order valence-electron chi connectivity index (χ1n) is 8.95. The van der Waals surface area contributed by atoms with Crippen molar-refractivity contribution in [2.24, 2.45) is 0 Å². The molecular weight excluding hydrogens is 362 g/mol. The molecule has 136 valence electrons. The summed E-state index contributed by atoms with van der Waals surface area (Å²) in [6, 6.07) is 6.36. The Morgan fingerprint density at radius 2 is 2.00 bits per heavy atom. The van der Waals surface area contributed by atoms with Crippen molar-refractivity contribution in [3.8, 4) is 11.1 Å². The van der Waals surface area contributed by atoms with Gasteiger partial charge in [0.25, 0.3) is 5.56 Å². The van der Waals surface area contributed by atoms with E-state index < -0.39 is 0 Å². The quantitative estimate of drug-likeness (QED) is 0.677. The highest BCUT2D eigenvalue weighted by molar-refractivity contribution is 7.99. The topological polar surface area (TPSA) is 49.0 Å². The summed E-state index contributed by atoms with van der Waals surface area (Å²) in [7, 11) is 2.16. The van der Waals surface area contributed by atoms with Crippen molar-refractivity contribution in [1.82, 2.24) is 14.9 Å². The number of benzene rings is 1. The minimum absolute atomic E-state index is 0.0262. The molecule has 0 unspecified atom stereocenters. The van der Waals surface area contributed by atoms with Crippen molar-refractivity contribution in [3.63, 3.8) is 0 Å². The summed E-state index contributed by atoms with van der Waals surface area (Å²) in [5.41, 5.74) is 4.50. The molecule has 1 N–H and O–H groups in total. The SMILES string of the molecule is Cc1ccc(-c2csc3nc(SC4CCN(C)CC4)[nH]c(=O)c23)c(C)c1. The molecule has 0 bridgehead atoms. The maximum Gasteiger partial charge on any atom is 0.260 e. The molecule has 1 fully saturated rings. The fraction of sp³-hybridized carbons (Fsp3) is 0.400. The van der Waals surface area contributed by atoms with Gasteiger partial charge in [-0.1, -0.05) is 35.5 Å². The van der Waals surface area contributed by atoms with Crippen LogP contribution in [-0.2, 0) is 0 Å². The third-order valence-corrected chi connectivity index (χ3v) is 7.13. The molecule has 0 spiro atoms. The molecule has 2 aromatic heterocycles. The van der Waals surface area contributed by atoms with Gasteiger partial charge >= 0.3 is 0 Å². The number of fused-ring (bicyclic) bond motifs is 1. The largest absolute Gasteiger partial charge is 0.306 e. The van der Waals surface area contributed by atoms with Gasteiger partial charge in [-0.3, -0.25) is 4.79 Å². The number of aryl methyl sites for hydroxylation is 2. The monoisotopic (exact) mass is 385 g/mol. The zero-order chi connectivity index (χ0) is 18.3. The Morgan fingerprint density at radius 3 is 2.73 bits per heavy atom. The second-order valence-electron chi connectivity index (χ2n) is 7.14. The Kier molecular flexibility index (Phi) is 4.90. The van der Waals surface area contributed by atoms with Gasteiger partial charge in [0.15, 0.2) is 5.16 Å². The van der Waals surface area contributed by atoms with Crippen LogP contribution in [0.2, 0.25) is 0 Å². The van der Waals surface area contributed by atoms with Gasteiger partial charge in [0.2, 0.25) is 0 Å². The van der Waals surface area contributed by atoms with E-state index >= 15 is 0 Å². The molecule has 0 aliphatic carbocycles. The molecule has 3 aromatic rings. The zero-order valence-electron chi connectivity index (χ0n) is 15.3. The number of thiophene rings is 1. The van der Waals surface area contributed by atoms with E-state index in [-0.39, 0.29) is 5.56 Å². The highest BCUT2D eigenvalue weighted by Crippen LogP contribution is 2.34. The van der Waals surface area contributed by atoms with Crippen LogP contribution in [0.4, 0.5) is 0 Å². The first-order chi connectivity index (χ1) is 12.5. The molecule has 3 heterocycles. The van der Waals surface area contributed by atoms with Crippen LogP contribution < -0.4 is 5.56 Å². The van der Waals surface area contributed by atoms with Gasteiger partial charge < -0.3 is 9.88 Å². The number of H-pyrrole nitrogens is 1. The van der Waals surface area contributed by atoms with E-state index in [1.54, 1.807) is 23.1 Å². The predicted molar refractivity (Wildman–Crippen MR) is 112 cm³/mol. The van der Waals surface area contributed by atoms with Crippen LogP contribution in [0.3, 0.4) is 0 Å². The van der Waals surface area contributed by atoms with Crippen LogP contribution in [0.25, 0.3) is 21.3 Å². The summed E-state index contributed by atoms with van der Waals surface area (Å²) in [5.74, 6) is 0. The maximum atomic E-state index is 12.8. The molecule has 26 heavy (non-hydrogen) atoms. The highest BCUT2D eigenvalue weighted by atomic mass is 32.2. The lowest BCUT2D eigenvalue weighted by atomic mass is 9.99. The van der Waals surface area contributed by atoms with Crippen LogP contribution in [-0.4, -0.2) is 40.3 Å². The molecular formula is C20H23N3OS2. The number of hydrogen-bond acceptors (Lipinski definition) is 5. The lowest BCUT2D eigenvalue weighted by Gasteiger charge is -2.27. The normalized spacial score (nSPS) is 16.4. The summed E-state index contributed by atoms with van der Waals surface area (Å²) in [6.45, 7) is 6.40. The average molecular weight is 386 g/mol. The standard InChI is InChI=1S/C20H23N3OS2/c1-12-4-5-15(13(2)10-12)16-11-25-19-17(16)18(24)21-20(22-19)26-14-6-8-23(3)9-7-14/h4-5,10-11,14H,6-9H2,1-3H3,(H,21,22,24). The van der Waals surface area contributed by atoms with Gasteiger partial charge in [-0.05, 0) is 58.0 Å². The molecule has 4 nitrogen and oxygen atoms in total. The number of aromatic nitrogens is 2. The zero-order valence-corrected chi connectivity index (χ0v) is 17.0. The Morgan fingerprint density at radius 1 is 1.23 bits per heavy atom. The van der Waals surface area contributed by atoms with Crippen LogP contribution in [0, 0.1) is 13.8 Å². The summed E-state index contributed by atoms with van der Waals surface area (Å²) in [6.07, 6.45) is 2.28. The molecule has 0 atom stereocenters. The van der Waals surface area contributed by atoms with E-state index in [0.717, 1.165) is 52.4 Å². The van der Waals surface area contributed by atoms with Gasteiger partial charge in [-0.25, -0.2) is 4.98 Å². The molecule has 0 radical (unpaired) electrons. The maximum absolute atomic E-state index is 12.8. The minimum Gasteiger partial charge on any atom is -0.306 e. The van der Waals surface area contributed by atoms with Gasteiger partial charge in [0.1, 0.15) is 4.83 Å². The number of thioether (sulfide) groups is 1. The fourth-order valence-electron chi connectivity index (χ4n) is 3.56. The van der Waals surface area contributed by atoms with Gasteiger partial charge in [-0.15, -0.1) is 11.3 Å². The number of aromatic amines is 1. The number of rotatable bonds is 3. The van der Waals surface area contributed by atoms with E-state index in [4.69, 9.17) is 4.98 Å². The lowest BCUT2D eigenvalue weighted by Crippen LogP contribution is -2.31. The molecule has 1 aliphatic heterocycles. The number of likely N-dealkylation sites (tertiary alicyclic amines) is 1. The summed E-state index contributed by atoms with van der Waals surface area (Å²) in [4.78, 5) is 23.8. The molecule has 4 rings (SSSR count).